The Bertz CT molecular complexity index is 777. The van der Waals surface area contributed by atoms with Crippen molar-refractivity contribution in [1.29, 1.82) is 0 Å². The highest BCUT2D eigenvalue weighted by Gasteiger charge is 2.23. The summed E-state index contributed by atoms with van der Waals surface area (Å²) in [5.41, 5.74) is 1.32. The smallest absolute Gasteiger partial charge is 0.241 e. The van der Waals surface area contributed by atoms with E-state index in [9.17, 15) is 9.59 Å². The van der Waals surface area contributed by atoms with Gasteiger partial charge < -0.3 is 15.5 Å². The van der Waals surface area contributed by atoms with Crippen LogP contribution in [0.15, 0.2) is 53.0 Å². The second-order valence-electron chi connectivity index (χ2n) is 6.03. The van der Waals surface area contributed by atoms with Crippen molar-refractivity contribution in [3.05, 3.63) is 64.1 Å². The largest absolute Gasteiger partial charge is 0.395 e. The molecule has 0 spiro atoms. The fourth-order valence-electron chi connectivity index (χ4n) is 2.72. The van der Waals surface area contributed by atoms with Gasteiger partial charge in [-0.25, -0.2) is 0 Å². The van der Waals surface area contributed by atoms with Crippen molar-refractivity contribution in [2.24, 2.45) is 0 Å². The molecule has 0 aromatic heterocycles. The fourth-order valence-corrected chi connectivity index (χ4v) is 3.08. The van der Waals surface area contributed by atoms with Crippen molar-refractivity contribution >= 4 is 33.3 Å². The SMILES string of the molecule is CC(C(=O)Nc1ccc(Br)cc1C(=O)c1ccccc1)N(CCO)CCO. The van der Waals surface area contributed by atoms with Crippen molar-refractivity contribution < 1.29 is 19.8 Å². The van der Waals surface area contributed by atoms with Gasteiger partial charge in [-0.15, -0.1) is 0 Å². The molecule has 3 N–H and O–H groups in total. The second-order valence-corrected chi connectivity index (χ2v) is 6.95. The molecule has 1 atom stereocenters. The summed E-state index contributed by atoms with van der Waals surface area (Å²) in [5, 5.41) is 21.1. The van der Waals surface area contributed by atoms with Gasteiger partial charge in [0.05, 0.1) is 24.9 Å². The zero-order valence-electron chi connectivity index (χ0n) is 15.1. The van der Waals surface area contributed by atoms with Gasteiger partial charge in [0.25, 0.3) is 0 Å². The molecule has 6 nitrogen and oxygen atoms in total. The third-order valence-corrected chi connectivity index (χ3v) is 4.71. The van der Waals surface area contributed by atoms with Gasteiger partial charge in [0.2, 0.25) is 5.91 Å². The zero-order valence-corrected chi connectivity index (χ0v) is 16.6. The van der Waals surface area contributed by atoms with Gasteiger partial charge in [0, 0.05) is 28.7 Å². The van der Waals surface area contributed by atoms with E-state index in [2.05, 4.69) is 21.2 Å². The predicted octanol–water partition coefficient (Wildman–Crippen LogP) is 2.29. The summed E-state index contributed by atoms with van der Waals surface area (Å²) in [4.78, 5) is 27.2. The average molecular weight is 435 g/mol. The second kappa shape index (κ2) is 10.3. The zero-order chi connectivity index (χ0) is 19.8. The maximum Gasteiger partial charge on any atom is 0.241 e. The van der Waals surface area contributed by atoms with Crippen LogP contribution in [0.25, 0.3) is 0 Å². The molecule has 27 heavy (non-hydrogen) atoms. The number of hydrogen-bond acceptors (Lipinski definition) is 5. The molecule has 0 bridgehead atoms. The molecule has 2 aromatic carbocycles. The van der Waals surface area contributed by atoms with Crippen molar-refractivity contribution in [1.82, 2.24) is 4.90 Å². The third-order valence-electron chi connectivity index (χ3n) is 4.22. The summed E-state index contributed by atoms with van der Waals surface area (Å²) >= 11 is 3.37. The van der Waals surface area contributed by atoms with Crippen molar-refractivity contribution in [3.63, 3.8) is 0 Å². The first-order chi connectivity index (χ1) is 13.0. The number of carbonyl (C=O) groups excluding carboxylic acids is 2. The maximum absolute atomic E-state index is 12.9. The minimum Gasteiger partial charge on any atom is -0.395 e. The van der Waals surface area contributed by atoms with Gasteiger partial charge in [-0.2, -0.15) is 0 Å². The first-order valence-corrected chi connectivity index (χ1v) is 9.43. The monoisotopic (exact) mass is 434 g/mol. The highest BCUT2D eigenvalue weighted by atomic mass is 79.9. The molecule has 0 saturated carbocycles. The molecule has 2 aromatic rings. The number of rotatable bonds is 9. The van der Waals surface area contributed by atoms with E-state index in [1.54, 1.807) is 54.3 Å². The normalized spacial score (nSPS) is 12.0. The Kier molecular flexibility index (Phi) is 8.12. The summed E-state index contributed by atoms with van der Waals surface area (Å²) in [6, 6.07) is 13.4. The summed E-state index contributed by atoms with van der Waals surface area (Å²) in [7, 11) is 0. The Hall–Kier alpha value is -2.06. The molecule has 0 fully saturated rings. The lowest BCUT2D eigenvalue weighted by atomic mass is 10.0. The van der Waals surface area contributed by atoms with E-state index in [1.165, 1.54) is 0 Å². The van der Waals surface area contributed by atoms with E-state index in [1.807, 2.05) is 6.07 Å². The standard InChI is InChI=1S/C20H23BrN2O4/c1-14(23(9-11-24)10-12-25)20(27)22-18-8-7-16(21)13-17(18)19(26)15-5-3-2-4-6-15/h2-8,13-14,24-25H,9-12H2,1H3,(H,22,27). The van der Waals surface area contributed by atoms with Crippen LogP contribution in [0.5, 0.6) is 0 Å². The van der Waals surface area contributed by atoms with Gasteiger partial charge >= 0.3 is 0 Å². The lowest BCUT2D eigenvalue weighted by Crippen LogP contribution is -2.44. The number of benzene rings is 2. The van der Waals surface area contributed by atoms with Crippen molar-refractivity contribution in [3.8, 4) is 0 Å². The summed E-state index contributed by atoms with van der Waals surface area (Å²) in [6.45, 7) is 2.00. The lowest BCUT2D eigenvalue weighted by Gasteiger charge is -2.27. The Morgan fingerprint density at radius 2 is 1.70 bits per heavy atom. The highest BCUT2D eigenvalue weighted by Crippen LogP contribution is 2.24. The number of aliphatic hydroxyl groups is 2. The van der Waals surface area contributed by atoms with Gasteiger partial charge in [-0.3, -0.25) is 14.5 Å². The lowest BCUT2D eigenvalue weighted by molar-refractivity contribution is -0.121. The number of nitrogens with zero attached hydrogens (tertiary/aromatic N) is 1. The molecule has 0 heterocycles. The number of hydrogen-bond donors (Lipinski definition) is 3. The fraction of sp³-hybridized carbons (Fsp3) is 0.300. The van der Waals surface area contributed by atoms with E-state index < -0.39 is 6.04 Å². The van der Waals surface area contributed by atoms with Gasteiger partial charge in [-0.1, -0.05) is 46.3 Å². The number of anilines is 1. The van der Waals surface area contributed by atoms with Crippen LogP contribution >= 0.6 is 15.9 Å². The van der Waals surface area contributed by atoms with Crippen LogP contribution in [0.1, 0.15) is 22.8 Å². The Morgan fingerprint density at radius 1 is 1.07 bits per heavy atom. The van der Waals surface area contributed by atoms with E-state index in [-0.39, 0.29) is 38.0 Å². The topological polar surface area (TPSA) is 89.9 Å². The number of carbonyl (C=O) groups is 2. The quantitative estimate of drug-likeness (QED) is 0.526. The predicted molar refractivity (Wildman–Crippen MR) is 108 cm³/mol. The molecule has 0 aliphatic heterocycles. The number of ketones is 1. The number of amides is 1. The summed E-state index contributed by atoms with van der Waals surface area (Å²) in [6.07, 6.45) is 0. The summed E-state index contributed by atoms with van der Waals surface area (Å²) < 4.78 is 0.731. The number of halogens is 1. The molecule has 1 amide bonds. The molecule has 144 valence electrons. The molecule has 0 aliphatic rings. The van der Waals surface area contributed by atoms with E-state index in [0.717, 1.165) is 4.47 Å². The van der Waals surface area contributed by atoms with Gasteiger partial charge in [0.15, 0.2) is 5.78 Å². The molecule has 0 aliphatic carbocycles. The van der Waals surface area contributed by atoms with Crippen LogP contribution in [0, 0.1) is 0 Å². The first kappa shape index (κ1) is 21.2. The van der Waals surface area contributed by atoms with Gasteiger partial charge in [-0.05, 0) is 25.1 Å². The Morgan fingerprint density at radius 3 is 2.30 bits per heavy atom. The molecular formula is C20H23BrN2O4. The minimum absolute atomic E-state index is 0.117. The minimum atomic E-state index is -0.576. The Labute approximate surface area is 166 Å². The van der Waals surface area contributed by atoms with Crippen molar-refractivity contribution in [2.45, 2.75) is 13.0 Å². The third kappa shape index (κ3) is 5.71. The number of nitrogens with one attached hydrogen (secondary N) is 1. The van der Waals surface area contributed by atoms with Crippen LogP contribution in [0.2, 0.25) is 0 Å². The molecule has 0 radical (unpaired) electrons. The highest BCUT2D eigenvalue weighted by molar-refractivity contribution is 9.10. The van der Waals surface area contributed by atoms with Crippen LogP contribution in [-0.4, -0.2) is 59.1 Å². The van der Waals surface area contributed by atoms with Crippen LogP contribution in [-0.2, 0) is 4.79 Å². The van der Waals surface area contributed by atoms with Crippen molar-refractivity contribution in [2.75, 3.05) is 31.6 Å². The van der Waals surface area contributed by atoms with Crippen LogP contribution in [0.4, 0.5) is 5.69 Å². The van der Waals surface area contributed by atoms with E-state index in [4.69, 9.17) is 10.2 Å². The molecule has 0 saturated heterocycles. The van der Waals surface area contributed by atoms with E-state index in [0.29, 0.717) is 16.8 Å². The average Bonchev–Trinajstić information content (AvgIpc) is 2.68. The van der Waals surface area contributed by atoms with Crippen LogP contribution in [0.3, 0.4) is 0 Å². The molecular weight excluding hydrogens is 412 g/mol. The molecule has 2 rings (SSSR count). The van der Waals surface area contributed by atoms with E-state index >= 15 is 0 Å². The summed E-state index contributed by atoms with van der Waals surface area (Å²) in [5.74, 6) is -0.510. The first-order valence-electron chi connectivity index (χ1n) is 8.64. The maximum atomic E-state index is 12.9. The van der Waals surface area contributed by atoms with Gasteiger partial charge in [0.1, 0.15) is 0 Å². The molecule has 7 heteroatoms. The Balaban J connectivity index is 2.26. The number of aliphatic hydroxyl groups excluding tert-OH is 2. The van der Waals surface area contributed by atoms with Crippen LogP contribution < -0.4 is 5.32 Å². The molecule has 1 unspecified atom stereocenters.